The zero-order chi connectivity index (χ0) is 17.8. The van der Waals surface area contributed by atoms with Gasteiger partial charge in [0.05, 0.1) is 17.8 Å². The Morgan fingerprint density at radius 1 is 1.52 bits per heavy atom. The minimum atomic E-state index is -0.154. The molecule has 25 heavy (non-hydrogen) atoms. The second-order valence-electron chi connectivity index (χ2n) is 6.09. The monoisotopic (exact) mass is 345 g/mol. The Kier molecular flexibility index (Phi) is 5.28. The lowest BCUT2D eigenvalue weighted by molar-refractivity contribution is 0.0944. The highest BCUT2D eigenvalue weighted by Crippen LogP contribution is 2.25. The number of anilines is 1. The van der Waals surface area contributed by atoms with Crippen molar-refractivity contribution < 1.29 is 14.1 Å². The van der Waals surface area contributed by atoms with Crippen LogP contribution in [0.2, 0.25) is 0 Å². The van der Waals surface area contributed by atoms with E-state index in [0.29, 0.717) is 30.0 Å². The summed E-state index contributed by atoms with van der Waals surface area (Å²) in [4.78, 5) is 23.0. The van der Waals surface area contributed by atoms with Crippen molar-refractivity contribution in [3.63, 3.8) is 0 Å². The van der Waals surface area contributed by atoms with Crippen LogP contribution in [0.25, 0.3) is 0 Å². The summed E-state index contributed by atoms with van der Waals surface area (Å²) >= 11 is 0. The highest BCUT2D eigenvalue weighted by molar-refractivity contribution is 5.96. The molecule has 8 nitrogen and oxygen atoms in total. The number of nitrogens with one attached hydrogen (secondary N) is 1. The SMILES string of the molecule is CCc1noc(C)c1C(=O)NC[C@H]1C[C@@H](OC)CN1c1ccncn1. The second kappa shape index (κ2) is 7.60. The minimum Gasteiger partial charge on any atom is -0.380 e. The predicted molar refractivity (Wildman–Crippen MR) is 91.5 cm³/mol. The van der Waals surface area contributed by atoms with Crippen molar-refractivity contribution in [3.05, 3.63) is 35.6 Å². The zero-order valence-corrected chi connectivity index (χ0v) is 14.7. The highest BCUT2D eigenvalue weighted by Gasteiger charge is 2.33. The molecule has 3 heterocycles. The molecule has 0 aliphatic carbocycles. The smallest absolute Gasteiger partial charge is 0.256 e. The first kappa shape index (κ1) is 17.3. The molecule has 1 fully saturated rings. The fourth-order valence-electron chi connectivity index (χ4n) is 3.22. The molecule has 2 aromatic rings. The summed E-state index contributed by atoms with van der Waals surface area (Å²) in [6.07, 6.45) is 4.83. The van der Waals surface area contributed by atoms with Crippen molar-refractivity contribution in [2.45, 2.75) is 38.8 Å². The van der Waals surface area contributed by atoms with Gasteiger partial charge in [0.2, 0.25) is 0 Å². The molecule has 1 amide bonds. The van der Waals surface area contributed by atoms with E-state index in [0.717, 1.165) is 18.8 Å². The van der Waals surface area contributed by atoms with Gasteiger partial charge >= 0.3 is 0 Å². The molecule has 1 saturated heterocycles. The van der Waals surface area contributed by atoms with E-state index in [1.807, 2.05) is 13.0 Å². The van der Waals surface area contributed by atoms with E-state index >= 15 is 0 Å². The Bertz CT molecular complexity index is 718. The van der Waals surface area contributed by atoms with E-state index in [1.165, 1.54) is 6.33 Å². The van der Waals surface area contributed by atoms with Crippen LogP contribution in [-0.4, -0.2) is 53.4 Å². The molecule has 1 aliphatic heterocycles. The molecule has 1 aliphatic rings. The number of hydrogen-bond acceptors (Lipinski definition) is 7. The van der Waals surface area contributed by atoms with Crippen LogP contribution in [0.4, 0.5) is 5.82 Å². The summed E-state index contributed by atoms with van der Waals surface area (Å²) in [7, 11) is 1.71. The summed E-state index contributed by atoms with van der Waals surface area (Å²) in [5.74, 6) is 1.23. The number of ether oxygens (including phenoxy) is 1. The van der Waals surface area contributed by atoms with Crippen LogP contribution >= 0.6 is 0 Å². The highest BCUT2D eigenvalue weighted by atomic mass is 16.5. The average molecular weight is 345 g/mol. The number of carbonyl (C=O) groups excluding carboxylic acids is 1. The number of rotatable bonds is 6. The van der Waals surface area contributed by atoms with Gasteiger partial charge in [0.15, 0.2) is 0 Å². The van der Waals surface area contributed by atoms with Gasteiger partial charge in [-0.3, -0.25) is 4.79 Å². The molecule has 134 valence electrons. The van der Waals surface area contributed by atoms with Gasteiger partial charge in [-0.1, -0.05) is 12.1 Å². The molecular weight excluding hydrogens is 322 g/mol. The van der Waals surface area contributed by atoms with Crippen molar-refractivity contribution in [1.29, 1.82) is 0 Å². The maximum Gasteiger partial charge on any atom is 0.256 e. The predicted octanol–water partition coefficient (Wildman–Crippen LogP) is 1.36. The van der Waals surface area contributed by atoms with Gasteiger partial charge in [-0.15, -0.1) is 0 Å². The second-order valence-corrected chi connectivity index (χ2v) is 6.09. The first-order valence-corrected chi connectivity index (χ1v) is 8.42. The molecular formula is C17H23N5O3. The van der Waals surface area contributed by atoms with Crippen LogP contribution in [0.15, 0.2) is 23.1 Å². The van der Waals surface area contributed by atoms with Gasteiger partial charge in [0.25, 0.3) is 5.91 Å². The van der Waals surface area contributed by atoms with Crippen LogP contribution < -0.4 is 10.2 Å². The molecule has 2 aromatic heterocycles. The summed E-state index contributed by atoms with van der Waals surface area (Å²) in [5.41, 5.74) is 1.22. The number of aromatic nitrogens is 3. The number of amides is 1. The van der Waals surface area contributed by atoms with E-state index in [-0.39, 0.29) is 18.1 Å². The lowest BCUT2D eigenvalue weighted by Crippen LogP contribution is -2.40. The van der Waals surface area contributed by atoms with E-state index in [1.54, 1.807) is 20.2 Å². The lowest BCUT2D eigenvalue weighted by Gasteiger charge is -2.25. The molecule has 0 bridgehead atoms. The van der Waals surface area contributed by atoms with Crippen molar-refractivity contribution in [1.82, 2.24) is 20.4 Å². The topological polar surface area (TPSA) is 93.4 Å². The molecule has 0 unspecified atom stereocenters. The third-order valence-electron chi connectivity index (χ3n) is 4.56. The fraction of sp³-hybridized carbons (Fsp3) is 0.529. The van der Waals surface area contributed by atoms with Crippen molar-refractivity contribution >= 4 is 11.7 Å². The standard InChI is InChI=1S/C17H23N5O3/c1-4-14-16(11(2)25-21-14)17(23)19-8-12-7-13(24-3)9-22(12)15-5-6-18-10-20-15/h5-6,10,12-13H,4,7-9H2,1-3H3,(H,19,23)/t12-,13-/m1/s1. The molecule has 2 atom stereocenters. The fourth-order valence-corrected chi connectivity index (χ4v) is 3.22. The summed E-state index contributed by atoms with van der Waals surface area (Å²) < 4.78 is 10.7. The lowest BCUT2D eigenvalue weighted by atomic mass is 10.1. The Morgan fingerprint density at radius 2 is 2.36 bits per heavy atom. The van der Waals surface area contributed by atoms with Crippen LogP contribution in [0.3, 0.4) is 0 Å². The maximum atomic E-state index is 12.6. The van der Waals surface area contributed by atoms with Crippen LogP contribution in [0, 0.1) is 6.92 Å². The van der Waals surface area contributed by atoms with Crippen molar-refractivity contribution in [2.24, 2.45) is 0 Å². The molecule has 0 aromatic carbocycles. The summed E-state index contributed by atoms with van der Waals surface area (Å²) in [6.45, 7) is 4.94. The number of hydrogen-bond donors (Lipinski definition) is 1. The van der Waals surface area contributed by atoms with Gasteiger partial charge in [0.1, 0.15) is 23.5 Å². The van der Waals surface area contributed by atoms with Gasteiger partial charge in [0, 0.05) is 26.4 Å². The molecule has 0 radical (unpaired) electrons. The Morgan fingerprint density at radius 3 is 3.04 bits per heavy atom. The van der Waals surface area contributed by atoms with Crippen LogP contribution in [0.1, 0.15) is 35.2 Å². The van der Waals surface area contributed by atoms with Crippen molar-refractivity contribution in [3.8, 4) is 0 Å². The number of methoxy groups -OCH3 is 1. The maximum absolute atomic E-state index is 12.6. The Labute approximate surface area is 146 Å². The average Bonchev–Trinajstić information content (AvgIpc) is 3.23. The van der Waals surface area contributed by atoms with Gasteiger partial charge in [-0.2, -0.15) is 0 Å². The number of carbonyl (C=O) groups is 1. The van der Waals surface area contributed by atoms with Gasteiger partial charge < -0.3 is 19.5 Å². The van der Waals surface area contributed by atoms with E-state index in [2.05, 4.69) is 25.3 Å². The largest absolute Gasteiger partial charge is 0.380 e. The number of nitrogens with zero attached hydrogens (tertiary/aromatic N) is 4. The zero-order valence-electron chi connectivity index (χ0n) is 14.7. The van der Waals surface area contributed by atoms with Crippen molar-refractivity contribution in [2.75, 3.05) is 25.1 Å². The normalized spacial score (nSPS) is 20.0. The van der Waals surface area contributed by atoms with Gasteiger partial charge in [-0.25, -0.2) is 9.97 Å². The summed E-state index contributed by atoms with van der Waals surface area (Å²) in [5, 5.41) is 6.95. The third kappa shape index (κ3) is 3.63. The summed E-state index contributed by atoms with van der Waals surface area (Å²) in [6, 6.07) is 1.97. The molecule has 0 spiro atoms. The van der Waals surface area contributed by atoms with E-state index in [9.17, 15) is 4.79 Å². The first-order valence-electron chi connectivity index (χ1n) is 8.42. The molecule has 8 heteroatoms. The van der Waals surface area contributed by atoms with Gasteiger partial charge in [-0.05, 0) is 25.8 Å². The van der Waals surface area contributed by atoms with Crippen LogP contribution in [-0.2, 0) is 11.2 Å². The quantitative estimate of drug-likeness (QED) is 0.845. The molecule has 3 rings (SSSR count). The Balaban J connectivity index is 1.70. The first-order chi connectivity index (χ1) is 12.1. The third-order valence-corrected chi connectivity index (χ3v) is 4.56. The van der Waals surface area contributed by atoms with Crippen LogP contribution in [0.5, 0.6) is 0 Å². The molecule has 1 N–H and O–H groups in total. The number of aryl methyl sites for hydroxylation is 2. The molecule has 0 saturated carbocycles. The Hall–Kier alpha value is -2.48. The van der Waals surface area contributed by atoms with E-state index < -0.39 is 0 Å². The van der Waals surface area contributed by atoms with E-state index in [4.69, 9.17) is 9.26 Å². The minimum absolute atomic E-state index is 0.106.